The third-order valence-corrected chi connectivity index (χ3v) is 4.43. The van der Waals surface area contributed by atoms with Gasteiger partial charge in [-0.2, -0.15) is 0 Å². The number of benzene rings is 2. The number of carbonyl (C=O) groups is 1. The minimum Gasteiger partial charge on any atom is -0.493 e. The summed E-state index contributed by atoms with van der Waals surface area (Å²) in [5.74, 6) is 1.33. The van der Waals surface area contributed by atoms with Crippen LogP contribution in [-0.2, 0) is 17.8 Å². The quantitative estimate of drug-likeness (QED) is 0.463. The van der Waals surface area contributed by atoms with Gasteiger partial charge in [0.15, 0.2) is 11.5 Å². The summed E-state index contributed by atoms with van der Waals surface area (Å²) in [5.41, 5.74) is 2.94. The maximum Gasteiger partial charge on any atom is 0.436 e. The molecule has 1 heterocycles. The van der Waals surface area contributed by atoms with Crippen LogP contribution < -0.4 is 9.47 Å². The molecule has 0 radical (unpaired) electrons. The highest BCUT2D eigenvalue weighted by molar-refractivity contribution is 6.30. The summed E-state index contributed by atoms with van der Waals surface area (Å²) in [6.07, 6.45) is 1.70. The van der Waals surface area contributed by atoms with Crippen molar-refractivity contribution in [1.82, 2.24) is 4.90 Å². The van der Waals surface area contributed by atoms with E-state index in [2.05, 4.69) is 5.16 Å². The van der Waals surface area contributed by atoms with Crippen LogP contribution in [0.1, 0.15) is 16.7 Å². The van der Waals surface area contributed by atoms with Crippen LogP contribution in [-0.4, -0.2) is 38.0 Å². The van der Waals surface area contributed by atoms with Crippen LogP contribution in [0.4, 0.5) is 4.79 Å². The van der Waals surface area contributed by atoms with E-state index in [1.807, 2.05) is 12.1 Å². The molecule has 26 heavy (non-hydrogen) atoms. The minimum absolute atomic E-state index is 0.436. The summed E-state index contributed by atoms with van der Waals surface area (Å²) < 4.78 is 10.6. The number of nitrogens with zero attached hydrogens (tertiary/aromatic N) is 2. The van der Waals surface area contributed by atoms with Gasteiger partial charge in [-0.25, -0.2) is 4.79 Å². The fourth-order valence-corrected chi connectivity index (χ4v) is 2.90. The fraction of sp³-hybridized carbons (Fsp3) is 0.263. The van der Waals surface area contributed by atoms with Gasteiger partial charge in [0.1, 0.15) is 0 Å². The van der Waals surface area contributed by atoms with E-state index in [1.165, 1.54) is 6.21 Å². The van der Waals surface area contributed by atoms with Crippen molar-refractivity contribution in [2.75, 3.05) is 20.8 Å². The highest BCUT2D eigenvalue weighted by Gasteiger charge is 2.24. The standard InChI is InChI=1S/C19H19ClN2O4/c1-24-17-9-14-7-8-22(12-15(14)10-18(17)25-2)19(23)26-21-11-13-3-5-16(20)6-4-13/h3-6,9-11H,7-8,12H2,1-2H3/b21-11+. The molecule has 0 saturated carbocycles. The molecule has 0 bridgehead atoms. The zero-order valence-electron chi connectivity index (χ0n) is 14.6. The zero-order valence-corrected chi connectivity index (χ0v) is 15.3. The molecule has 2 aromatic carbocycles. The summed E-state index contributed by atoms with van der Waals surface area (Å²) in [7, 11) is 3.19. The van der Waals surface area contributed by atoms with Crippen LogP contribution in [0.2, 0.25) is 5.02 Å². The highest BCUT2D eigenvalue weighted by Crippen LogP contribution is 2.33. The largest absolute Gasteiger partial charge is 0.493 e. The zero-order chi connectivity index (χ0) is 18.5. The molecular weight excluding hydrogens is 356 g/mol. The lowest BCUT2D eigenvalue weighted by Crippen LogP contribution is -2.35. The Labute approximate surface area is 156 Å². The normalized spacial score (nSPS) is 13.4. The molecule has 6 nitrogen and oxygen atoms in total. The number of ether oxygens (including phenoxy) is 2. The molecule has 0 N–H and O–H groups in total. The first-order valence-corrected chi connectivity index (χ1v) is 8.47. The Hall–Kier alpha value is -2.73. The van der Waals surface area contributed by atoms with Crippen LogP contribution in [0.15, 0.2) is 41.6 Å². The predicted molar refractivity (Wildman–Crippen MR) is 99.2 cm³/mol. The van der Waals surface area contributed by atoms with Gasteiger partial charge in [0.25, 0.3) is 0 Å². The molecular formula is C19H19ClN2O4. The van der Waals surface area contributed by atoms with Crippen molar-refractivity contribution in [2.45, 2.75) is 13.0 Å². The first kappa shape index (κ1) is 18.1. The summed E-state index contributed by atoms with van der Waals surface area (Å²) in [6, 6.07) is 10.9. The monoisotopic (exact) mass is 374 g/mol. The van der Waals surface area contributed by atoms with Gasteiger partial charge >= 0.3 is 6.09 Å². The molecule has 0 fully saturated rings. The Balaban J connectivity index is 1.64. The number of hydrogen-bond acceptors (Lipinski definition) is 5. The van der Waals surface area contributed by atoms with E-state index in [1.54, 1.807) is 43.4 Å². The van der Waals surface area contributed by atoms with E-state index in [-0.39, 0.29) is 0 Å². The van der Waals surface area contributed by atoms with Crippen molar-refractivity contribution in [2.24, 2.45) is 5.16 Å². The molecule has 7 heteroatoms. The van der Waals surface area contributed by atoms with E-state index in [0.29, 0.717) is 36.0 Å². The van der Waals surface area contributed by atoms with Crippen LogP contribution in [0.25, 0.3) is 0 Å². The molecule has 0 spiro atoms. The third kappa shape index (κ3) is 4.08. The number of methoxy groups -OCH3 is 2. The van der Waals surface area contributed by atoms with Gasteiger partial charge in [-0.15, -0.1) is 0 Å². The van der Waals surface area contributed by atoms with Gasteiger partial charge in [0.05, 0.1) is 20.4 Å². The van der Waals surface area contributed by atoms with Crippen LogP contribution in [0.3, 0.4) is 0 Å². The summed E-state index contributed by atoms with van der Waals surface area (Å²) >= 11 is 5.83. The van der Waals surface area contributed by atoms with Crippen LogP contribution >= 0.6 is 11.6 Å². The Morgan fingerprint density at radius 2 is 1.77 bits per heavy atom. The van der Waals surface area contributed by atoms with Gasteiger partial charge in [0, 0.05) is 18.1 Å². The second-order valence-corrected chi connectivity index (χ2v) is 6.23. The van der Waals surface area contributed by atoms with E-state index in [0.717, 1.165) is 16.7 Å². The van der Waals surface area contributed by atoms with Gasteiger partial charge in [-0.05, 0) is 47.4 Å². The molecule has 0 atom stereocenters. The minimum atomic E-state index is -0.490. The van der Waals surface area contributed by atoms with Gasteiger partial charge in [-0.1, -0.05) is 28.9 Å². The summed E-state index contributed by atoms with van der Waals surface area (Å²) in [5, 5.41) is 4.40. The van der Waals surface area contributed by atoms with Gasteiger partial charge in [-0.3, -0.25) is 4.84 Å². The van der Waals surface area contributed by atoms with Crippen molar-refractivity contribution in [3.05, 3.63) is 58.1 Å². The maximum atomic E-state index is 12.2. The third-order valence-electron chi connectivity index (χ3n) is 4.18. The van der Waals surface area contributed by atoms with Crippen LogP contribution in [0, 0.1) is 0 Å². The lowest BCUT2D eigenvalue weighted by molar-refractivity contribution is 0.101. The molecule has 0 saturated heterocycles. The first-order valence-electron chi connectivity index (χ1n) is 8.09. The predicted octanol–water partition coefficient (Wildman–Crippen LogP) is 3.89. The van der Waals surface area contributed by atoms with Crippen molar-refractivity contribution in [3.8, 4) is 11.5 Å². The number of fused-ring (bicyclic) bond motifs is 1. The van der Waals surface area contributed by atoms with Crippen molar-refractivity contribution in [3.63, 3.8) is 0 Å². The van der Waals surface area contributed by atoms with Crippen molar-refractivity contribution >= 4 is 23.9 Å². The van der Waals surface area contributed by atoms with E-state index >= 15 is 0 Å². The molecule has 2 aromatic rings. The van der Waals surface area contributed by atoms with Crippen molar-refractivity contribution < 1.29 is 19.1 Å². The first-order chi connectivity index (χ1) is 12.6. The second-order valence-electron chi connectivity index (χ2n) is 5.79. The second kappa shape index (κ2) is 8.10. The lowest BCUT2D eigenvalue weighted by Gasteiger charge is -2.27. The molecule has 136 valence electrons. The van der Waals surface area contributed by atoms with Crippen molar-refractivity contribution in [1.29, 1.82) is 0 Å². The number of halogens is 1. The Kier molecular flexibility index (Phi) is 5.63. The van der Waals surface area contributed by atoms with Gasteiger partial charge < -0.3 is 14.4 Å². The summed E-state index contributed by atoms with van der Waals surface area (Å²) in [6.45, 7) is 0.989. The topological polar surface area (TPSA) is 60.4 Å². The average molecular weight is 375 g/mol. The number of oxime groups is 1. The molecule has 1 amide bonds. The molecule has 0 aliphatic carbocycles. The van der Waals surface area contributed by atoms with Gasteiger partial charge in [0.2, 0.25) is 0 Å². The number of carbonyl (C=O) groups excluding carboxylic acids is 1. The lowest BCUT2D eigenvalue weighted by atomic mass is 9.99. The molecule has 3 rings (SSSR count). The number of amides is 1. The number of rotatable bonds is 4. The fourth-order valence-electron chi connectivity index (χ4n) is 2.78. The Morgan fingerprint density at radius 1 is 1.12 bits per heavy atom. The average Bonchev–Trinajstić information content (AvgIpc) is 2.67. The molecule has 1 aliphatic rings. The number of hydrogen-bond donors (Lipinski definition) is 0. The van der Waals surface area contributed by atoms with E-state index in [4.69, 9.17) is 25.9 Å². The Bertz CT molecular complexity index is 821. The Morgan fingerprint density at radius 3 is 2.42 bits per heavy atom. The highest BCUT2D eigenvalue weighted by atomic mass is 35.5. The smallest absolute Gasteiger partial charge is 0.436 e. The molecule has 1 aliphatic heterocycles. The SMILES string of the molecule is COc1cc2c(cc1OC)CN(C(=O)O/N=C/c1ccc(Cl)cc1)CC2. The summed E-state index contributed by atoms with van der Waals surface area (Å²) in [4.78, 5) is 18.8. The van der Waals surface area contributed by atoms with Crippen LogP contribution in [0.5, 0.6) is 11.5 Å². The maximum absolute atomic E-state index is 12.2. The molecule has 0 aromatic heterocycles. The molecule has 0 unspecified atom stereocenters. The van der Waals surface area contributed by atoms with E-state index < -0.39 is 6.09 Å². The van der Waals surface area contributed by atoms with E-state index in [9.17, 15) is 4.79 Å².